The highest BCUT2D eigenvalue weighted by Crippen LogP contribution is 2.21. The van der Waals surface area contributed by atoms with Gasteiger partial charge in [-0.1, -0.05) is 0 Å². The van der Waals surface area contributed by atoms with E-state index < -0.39 is 0 Å². The summed E-state index contributed by atoms with van der Waals surface area (Å²) in [6.07, 6.45) is 1.07. The molecule has 1 aliphatic heterocycles. The van der Waals surface area contributed by atoms with Crippen molar-refractivity contribution in [3.05, 3.63) is 21.9 Å². The Morgan fingerprint density at radius 2 is 2.39 bits per heavy atom. The minimum Gasteiger partial charge on any atom is -0.382 e. The van der Waals surface area contributed by atoms with Gasteiger partial charge >= 0.3 is 0 Å². The van der Waals surface area contributed by atoms with Crippen LogP contribution >= 0.6 is 11.3 Å². The number of likely N-dealkylation sites (tertiary alicyclic amines) is 1. The van der Waals surface area contributed by atoms with Crippen LogP contribution in [0, 0.1) is 6.92 Å². The molecule has 4 nitrogen and oxygen atoms in total. The van der Waals surface area contributed by atoms with Crippen LogP contribution in [0.5, 0.6) is 0 Å². The summed E-state index contributed by atoms with van der Waals surface area (Å²) in [5, 5.41) is 1.96. The number of rotatable bonds is 5. The molecule has 1 fully saturated rings. The lowest BCUT2D eigenvalue weighted by Crippen LogP contribution is -2.30. The summed E-state index contributed by atoms with van der Waals surface area (Å²) >= 11 is 1.52. The van der Waals surface area contributed by atoms with Crippen molar-refractivity contribution in [3.63, 3.8) is 0 Å². The molecule has 1 aliphatic rings. The Kier molecular flexibility index (Phi) is 4.74. The first-order chi connectivity index (χ1) is 8.72. The third-order valence-electron chi connectivity index (χ3n) is 3.13. The molecule has 1 amide bonds. The Bertz CT molecular complexity index is 405. The third-order valence-corrected chi connectivity index (χ3v) is 4.13. The molecule has 0 saturated carbocycles. The maximum absolute atomic E-state index is 12.3. The van der Waals surface area contributed by atoms with E-state index in [2.05, 4.69) is 0 Å². The summed E-state index contributed by atoms with van der Waals surface area (Å²) in [6, 6.07) is 1.99. The zero-order valence-corrected chi connectivity index (χ0v) is 11.7. The molecule has 2 rings (SSSR count). The van der Waals surface area contributed by atoms with Gasteiger partial charge in [0.25, 0.3) is 5.91 Å². The number of amides is 1. The van der Waals surface area contributed by atoms with Crippen LogP contribution in [0.25, 0.3) is 0 Å². The second kappa shape index (κ2) is 6.31. The lowest BCUT2D eigenvalue weighted by atomic mass is 10.3. The van der Waals surface area contributed by atoms with E-state index in [1.165, 1.54) is 11.3 Å². The number of ether oxygens (including phenoxy) is 2. The average Bonchev–Trinajstić information content (AvgIpc) is 2.98. The fourth-order valence-corrected chi connectivity index (χ4v) is 2.97. The van der Waals surface area contributed by atoms with E-state index in [0.717, 1.165) is 23.4 Å². The first-order valence-electron chi connectivity index (χ1n) is 6.16. The van der Waals surface area contributed by atoms with Crippen molar-refractivity contribution in [2.75, 3.05) is 33.4 Å². The van der Waals surface area contributed by atoms with Crippen LogP contribution in [0.2, 0.25) is 0 Å². The smallest absolute Gasteiger partial charge is 0.264 e. The van der Waals surface area contributed by atoms with Crippen LogP contribution in [0.4, 0.5) is 0 Å². The van der Waals surface area contributed by atoms with Crippen LogP contribution in [0.3, 0.4) is 0 Å². The summed E-state index contributed by atoms with van der Waals surface area (Å²) in [4.78, 5) is 15.0. The standard InChI is InChI=1S/C13H19NO3S/c1-10-4-8-18-12(10)13(15)14-5-3-11(9-14)17-7-6-16-2/h4,8,11H,3,5-7,9H2,1-2H3. The van der Waals surface area contributed by atoms with Gasteiger partial charge in [-0.25, -0.2) is 0 Å². The molecule has 0 spiro atoms. The number of carbonyl (C=O) groups is 1. The van der Waals surface area contributed by atoms with Crippen LogP contribution in [-0.4, -0.2) is 50.3 Å². The van der Waals surface area contributed by atoms with Gasteiger partial charge in [0.2, 0.25) is 0 Å². The maximum Gasteiger partial charge on any atom is 0.264 e. The number of carbonyl (C=O) groups excluding carboxylic acids is 1. The molecule has 2 heterocycles. The minimum absolute atomic E-state index is 0.139. The fraction of sp³-hybridized carbons (Fsp3) is 0.615. The molecular formula is C13H19NO3S. The van der Waals surface area contributed by atoms with Crippen LogP contribution in [-0.2, 0) is 9.47 Å². The van der Waals surface area contributed by atoms with E-state index in [9.17, 15) is 4.79 Å². The van der Waals surface area contributed by atoms with E-state index in [4.69, 9.17) is 9.47 Å². The van der Waals surface area contributed by atoms with E-state index in [1.807, 2.05) is 23.3 Å². The van der Waals surface area contributed by atoms with Gasteiger partial charge in [0.1, 0.15) is 0 Å². The Labute approximate surface area is 111 Å². The molecule has 1 atom stereocenters. The van der Waals surface area contributed by atoms with Crippen molar-refractivity contribution in [1.82, 2.24) is 4.90 Å². The molecule has 1 saturated heterocycles. The predicted octanol–water partition coefficient (Wildman–Crippen LogP) is 1.93. The quantitative estimate of drug-likeness (QED) is 0.767. The number of methoxy groups -OCH3 is 1. The van der Waals surface area contributed by atoms with Crippen LogP contribution in [0.1, 0.15) is 21.7 Å². The Hall–Kier alpha value is -0.910. The van der Waals surface area contributed by atoms with Gasteiger partial charge in [0.15, 0.2) is 0 Å². The summed E-state index contributed by atoms with van der Waals surface area (Å²) in [6.45, 7) is 4.66. The first kappa shape index (κ1) is 13.5. The second-order valence-electron chi connectivity index (χ2n) is 4.46. The lowest BCUT2D eigenvalue weighted by molar-refractivity contribution is 0.0219. The zero-order valence-electron chi connectivity index (χ0n) is 10.8. The highest BCUT2D eigenvalue weighted by atomic mass is 32.1. The van der Waals surface area contributed by atoms with Gasteiger partial charge in [0.05, 0.1) is 24.2 Å². The van der Waals surface area contributed by atoms with Crippen molar-refractivity contribution < 1.29 is 14.3 Å². The highest BCUT2D eigenvalue weighted by Gasteiger charge is 2.28. The fourth-order valence-electron chi connectivity index (χ4n) is 2.08. The molecule has 0 aromatic carbocycles. The lowest BCUT2D eigenvalue weighted by Gasteiger charge is -2.16. The molecule has 0 radical (unpaired) electrons. The van der Waals surface area contributed by atoms with Crippen molar-refractivity contribution in [1.29, 1.82) is 0 Å². The van der Waals surface area contributed by atoms with Crippen LogP contribution in [0.15, 0.2) is 11.4 Å². The molecule has 18 heavy (non-hydrogen) atoms. The second-order valence-corrected chi connectivity index (χ2v) is 5.37. The number of hydrogen-bond acceptors (Lipinski definition) is 4. The average molecular weight is 269 g/mol. The van der Waals surface area contributed by atoms with Crippen molar-refractivity contribution in [3.8, 4) is 0 Å². The molecule has 1 aromatic heterocycles. The molecule has 0 N–H and O–H groups in total. The Balaban J connectivity index is 1.85. The van der Waals surface area contributed by atoms with E-state index in [1.54, 1.807) is 7.11 Å². The number of hydrogen-bond donors (Lipinski definition) is 0. The summed E-state index contributed by atoms with van der Waals surface area (Å²) in [5.41, 5.74) is 1.06. The van der Waals surface area contributed by atoms with Crippen molar-refractivity contribution in [2.45, 2.75) is 19.4 Å². The van der Waals surface area contributed by atoms with Gasteiger partial charge < -0.3 is 14.4 Å². The molecular weight excluding hydrogens is 250 g/mol. The summed E-state index contributed by atoms with van der Waals surface area (Å²) in [7, 11) is 1.66. The largest absolute Gasteiger partial charge is 0.382 e. The third kappa shape index (κ3) is 3.10. The minimum atomic E-state index is 0.139. The molecule has 5 heteroatoms. The van der Waals surface area contributed by atoms with E-state index in [-0.39, 0.29) is 12.0 Å². The van der Waals surface area contributed by atoms with Crippen molar-refractivity contribution in [2.24, 2.45) is 0 Å². The maximum atomic E-state index is 12.3. The number of thiophene rings is 1. The van der Waals surface area contributed by atoms with Crippen molar-refractivity contribution >= 4 is 17.2 Å². The van der Waals surface area contributed by atoms with Crippen LogP contribution < -0.4 is 0 Å². The molecule has 0 bridgehead atoms. The predicted molar refractivity (Wildman–Crippen MR) is 71.2 cm³/mol. The summed E-state index contributed by atoms with van der Waals surface area (Å²) in [5.74, 6) is 0.139. The molecule has 1 aromatic rings. The first-order valence-corrected chi connectivity index (χ1v) is 7.04. The van der Waals surface area contributed by atoms with E-state index >= 15 is 0 Å². The monoisotopic (exact) mass is 269 g/mol. The van der Waals surface area contributed by atoms with E-state index in [0.29, 0.717) is 19.8 Å². The Morgan fingerprint density at radius 3 is 3.06 bits per heavy atom. The molecule has 1 unspecified atom stereocenters. The zero-order chi connectivity index (χ0) is 13.0. The number of nitrogens with zero attached hydrogens (tertiary/aromatic N) is 1. The normalized spacial score (nSPS) is 19.4. The highest BCUT2D eigenvalue weighted by molar-refractivity contribution is 7.12. The SMILES string of the molecule is COCCOC1CCN(C(=O)c2sccc2C)C1. The Morgan fingerprint density at radius 1 is 1.56 bits per heavy atom. The van der Waals surface area contributed by atoms with Gasteiger partial charge in [-0.05, 0) is 30.4 Å². The van der Waals surface area contributed by atoms with Gasteiger partial charge in [-0.15, -0.1) is 11.3 Å². The van der Waals surface area contributed by atoms with Gasteiger partial charge in [-0.2, -0.15) is 0 Å². The molecule has 100 valence electrons. The number of aryl methyl sites for hydroxylation is 1. The van der Waals surface area contributed by atoms with Gasteiger partial charge in [-0.3, -0.25) is 4.79 Å². The molecule has 0 aliphatic carbocycles. The summed E-state index contributed by atoms with van der Waals surface area (Å²) < 4.78 is 10.6. The van der Waals surface area contributed by atoms with Gasteiger partial charge in [0, 0.05) is 20.2 Å². The topological polar surface area (TPSA) is 38.8 Å².